The van der Waals surface area contributed by atoms with Crippen LogP contribution in [0, 0.1) is 0 Å². The van der Waals surface area contributed by atoms with Gasteiger partial charge in [-0.25, -0.2) is 0 Å². The quantitative estimate of drug-likeness (QED) is 0.738. The van der Waals surface area contributed by atoms with Crippen LogP contribution in [0.2, 0.25) is 0 Å². The lowest BCUT2D eigenvalue weighted by Gasteiger charge is -1.96. The number of aromatic hydroxyl groups is 1. The highest BCUT2D eigenvalue weighted by Crippen LogP contribution is 2.13. The van der Waals surface area contributed by atoms with E-state index in [1.54, 1.807) is 18.2 Å². The molecule has 2 aromatic rings. The molecule has 5 nitrogen and oxygen atoms in total. The first-order valence-electron chi connectivity index (χ1n) is 4.10. The molecular weight excluding hydrogens is 182 g/mol. The van der Waals surface area contributed by atoms with E-state index in [2.05, 4.69) is 14.7 Å². The Balaban J connectivity index is 2.18. The van der Waals surface area contributed by atoms with E-state index in [1.165, 1.54) is 0 Å². The first-order valence-corrected chi connectivity index (χ1v) is 4.10. The number of phenols is 1. The number of aromatic nitrogens is 2. The Labute approximate surface area is 80.2 Å². The first-order chi connectivity index (χ1) is 6.74. The van der Waals surface area contributed by atoms with Crippen molar-refractivity contribution >= 4 is 6.01 Å². The van der Waals surface area contributed by atoms with Gasteiger partial charge in [0, 0.05) is 6.42 Å². The molecule has 0 bridgehead atoms. The predicted octanol–water partition coefficient (Wildman–Crippen LogP) is 0.948. The Hall–Kier alpha value is -2.04. The lowest BCUT2D eigenvalue weighted by Crippen LogP contribution is -1.91. The van der Waals surface area contributed by atoms with Crippen molar-refractivity contribution in [1.82, 2.24) is 10.1 Å². The van der Waals surface area contributed by atoms with Gasteiger partial charge in [0.25, 0.3) is 0 Å². The highest BCUT2D eigenvalue weighted by molar-refractivity contribution is 5.29. The molecule has 14 heavy (non-hydrogen) atoms. The molecule has 0 fully saturated rings. The maximum absolute atomic E-state index is 9.21. The second-order valence-electron chi connectivity index (χ2n) is 2.90. The van der Waals surface area contributed by atoms with Crippen molar-refractivity contribution in [2.45, 2.75) is 6.42 Å². The molecule has 5 heteroatoms. The van der Waals surface area contributed by atoms with Crippen LogP contribution in [0.1, 0.15) is 11.4 Å². The summed E-state index contributed by atoms with van der Waals surface area (Å²) in [5.41, 5.74) is 6.18. The second kappa shape index (κ2) is 3.37. The molecule has 0 aliphatic rings. The summed E-state index contributed by atoms with van der Waals surface area (Å²) < 4.78 is 4.62. The molecule has 3 N–H and O–H groups in total. The minimum absolute atomic E-state index is 0.0557. The molecule has 0 saturated heterocycles. The number of rotatable bonds is 2. The number of hydrogen-bond acceptors (Lipinski definition) is 5. The smallest absolute Gasteiger partial charge is 0.318 e. The summed E-state index contributed by atoms with van der Waals surface area (Å²) in [5.74, 6) is 0.729. The van der Waals surface area contributed by atoms with Crippen molar-refractivity contribution < 1.29 is 9.63 Å². The number of anilines is 1. The summed E-state index contributed by atoms with van der Waals surface area (Å²) in [4.78, 5) is 3.85. The molecule has 72 valence electrons. The summed E-state index contributed by atoms with van der Waals surface area (Å²) >= 11 is 0. The molecule has 0 radical (unpaired) electrons. The SMILES string of the molecule is Nc1nc(Cc2cccc(O)c2)no1. The maximum atomic E-state index is 9.21. The molecule has 0 spiro atoms. The van der Waals surface area contributed by atoms with Crippen LogP contribution < -0.4 is 5.73 Å². The highest BCUT2D eigenvalue weighted by atomic mass is 16.5. The summed E-state index contributed by atoms with van der Waals surface area (Å²) in [6, 6.07) is 6.93. The van der Waals surface area contributed by atoms with E-state index in [4.69, 9.17) is 5.73 Å². The number of benzene rings is 1. The van der Waals surface area contributed by atoms with Gasteiger partial charge in [0.2, 0.25) is 0 Å². The summed E-state index contributed by atoms with van der Waals surface area (Å²) in [5, 5.41) is 12.9. The second-order valence-corrected chi connectivity index (χ2v) is 2.90. The van der Waals surface area contributed by atoms with Crippen LogP contribution in [0.3, 0.4) is 0 Å². The molecular formula is C9H9N3O2. The van der Waals surface area contributed by atoms with Crippen molar-refractivity contribution in [3.05, 3.63) is 35.7 Å². The fraction of sp³-hybridized carbons (Fsp3) is 0.111. The monoisotopic (exact) mass is 191 g/mol. The average Bonchev–Trinajstić information content (AvgIpc) is 2.51. The number of nitrogens with zero attached hydrogens (tertiary/aromatic N) is 2. The lowest BCUT2D eigenvalue weighted by atomic mass is 10.1. The third-order valence-corrected chi connectivity index (χ3v) is 1.76. The molecule has 0 saturated carbocycles. The van der Waals surface area contributed by atoms with Crippen LogP contribution in [0.4, 0.5) is 6.01 Å². The third kappa shape index (κ3) is 1.82. The zero-order valence-corrected chi connectivity index (χ0v) is 7.34. The van der Waals surface area contributed by atoms with Crippen LogP contribution in [0.25, 0.3) is 0 Å². The Morgan fingerprint density at radius 2 is 2.29 bits per heavy atom. The molecule has 1 heterocycles. The van der Waals surface area contributed by atoms with Gasteiger partial charge >= 0.3 is 6.01 Å². The lowest BCUT2D eigenvalue weighted by molar-refractivity contribution is 0.428. The van der Waals surface area contributed by atoms with E-state index in [9.17, 15) is 5.11 Å². The highest BCUT2D eigenvalue weighted by Gasteiger charge is 2.04. The van der Waals surface area contributed by atoms with Crippen molar-refractivity contribution in [1.29, 1.82) is 0 Å². The van der Waals surface area contributed by atoms with E-state index in [0.717, 1.165) is 5.56 Å². The van der Waals surface area contributed by atoms with Crippen molar-refractivity contribution in [3.63, 3.8) is 0 Å². The van der Waals surface area contributed by atoms with Gasteiger partial charge in [0.15, 0.2) is 5.82 Å². The van der Waals surface area contributed by atoms with Gasteiger partial charge in [-0.2, -0.15) is 4.98 Å². The maximum Gasteiger partial charge on any atom is 0.318 e. The summed E-state index contributed by atoms with van der Waals surface area (Å²) in [7, 11) is 0. The molecule has 0 amide bonds. The van der Waals surface area contributed by atoms with Crippen LogP contribution in [-0.4, -0.2) is 15.2 Å². The fourth-order valence-electron chi connectivity index (χ4n) is 1.19. The third-order valence-electron chi connectivity index (χ3n) is 1.76. The molecule has 1 aromatic heterocycles. The van der Waals surface area contributed by atoms with Crippen molar-refractivity contribution in [3.8, 4) is 5.75 Å². The van der Waals surface area contributed by atoms with Crippen LogP contribution in [0.5, 0.6) is 5.75 Å². The van der Waals surface area contributed by atoms with Crippen LogP contribution in [0.15, 0.2) is 28.8 Å². The largest absolute Gasteiger partial charge is 0.508 e. The molecule has 2 rings (SSSR count). The Morgan fingerprint density at radius 1 is 1.43 bits per heavy atom. The zero-order chi connectivity index (χ0) is 9.97. The number of phenolic OH excluding ortho intramolecular Hbond substituents is 1. The number of hydrogen-bond donors (Lipinski definition) is 2. The van der Waals surface area contributed by atoms with Crippen molar-refractivity contribution in [2.24, 2.45) is 0 Å². The standard InChI is InChI=1S/C9H9N3O2/c10-9-11-8(12-14-9)5-6-2-1-3-7(13)4-6/h1-4,13H,5H2,(H2,10,11,12). The number of nitrogens with two attached hydrogens (primary N) is 1. The Kier molecular flexibility index (Phi) is 2.06. The van der Waals surface area contributed by atoms with E-state index >= 15 is 0 Å². The topological polar surface area (TPSA) is 85.2 Å². The van der Waals surface area contributed by atoms with Gasteiger partial charge in [-0.3, -0.25) is 0 Å². The molecule has 0 atom stereocenters. The minimum atomic E-state index is 0.0557. The molecule has 1 aromatic carbocycles. The molecule has 0 aliphatic heterocycles. The van der Waals surface area contributed by atoms with Crippen LogP contribution in [-0.2, 0) is 6.42 Å². The normalized spacial score (nSPS) is 10.3. The molecule has 0 unspecified atom stereocenters. The van der Waals surface area contributed by atoms with E-state index in [-0.39, 0.29) is 11.8 Å². The first kappa shape index (κ1) is 8.55. The molecule has 0 aliphatic carbocycles. The van der Waals surface area contributed by atoms with Gasteiger partial charge in [-0.1, -0.05) is 17.3 Å². The van der Waals surface area contributed by atoms with Gasteiger partial charge in [-0.05, 0) is 17.7 Å². The van der Waals surface area contributed by atoms with Crippen LogP contribution >= 0.6 is 0 Å². The zero-order valence-electron chi connectivity index (χ0n) is 7.34. The fourth-order valence-corrected chi connectivity index (χ4v) is 1.19. The number of nitrogen functional groups attached to an aromatic ring is 1. The van der Waals surface area contributed by atoms with Gasteiger partial charge < -0.3 is 15.4 Å². The average molecular weight is 191 g/mol. The minimum Gasteiger partial charge on any atom is -0.508 e. The van der Waals surface area contributed by atoms with Gasteiger partial charge in [0.1, 0.15) is 5.75 Å². The van der Waals surface area contributed by atoms with Gasteiger partial charge in [-0.15, -0.1) is 0 Å². The summed E-state index contributed by atoms with van der Waals surface area (Å²) in [6.45, 7) is 0. The van der Waals surface area contributed by atoms with E-state index < -0.39 is 0 Å². The van der Waals surface area contributed by atoms with Crippen molar-refractivity contribution in [2.75, 3.05) is 5.73 Å². The van der Waals surface area contributed by atoms with E-state index in [1.807, 2.05) is 6.07 Å². The predicted molar refractivity (Wildman–Crippen MR) is 49.6 cm³/mol. The Morgan fingerprint density at radius 3 is 2.93 bits per heavy atom. The Bertz CT molecular complexity index is 439. The van der Waals surface area contributed by atoms with E-state index in [0.29, 0.717) is 12.2 Å². The summed E-state index contributed by atoms with van der Waals surface area (Å²) in [6.07, 6.45) is 0.495. The van der Waals surface area contributed by atoms with Gasteiger partial charge in [0.05, 0.1) is 0 Å².